The average molecular weight is 497 g/mol. The molecule has 1 aliphatic rings. The molecule has 4 aromatic rings. The van der Waals surface area contributed by atoms with Crippen LogP contribution in [0.4, 0.5) is 5.69 Å². The molecule has 3 aromatic carbocycles. The number of aromatic nitrogens is 2. The van der Waals surface area contributed by atoms with Crippen molar-refractivity contribution in [2.24, 2.45) is 0 Å². The van der Waals surface area contributed by atoms with Crippen molar-refractivity contribution in [1.29, 1.82) is 0 Å². The molecule has 1 amide bonds. The van der Waals surface area contributed by atoms with E-state index >= 15 is 0 Å². The first kappa shape index (κ1) is 23.9. The molecule has 0 atom stereocenters. The smallest absolute Gasteiger partial charge is 0.233 e. The standard InChI is InChI=1S/C29H28N4O2S/c1-35-27-10-6-5-9-26(27)32-17-19-33(20-18-32)29(34)21-36-28-16-15-25(30-31-28)24-13-11-23(12-14-24)22-7-3-2-4-8-22/h2-16H,17-21H2,1H3. The van der Waals surface area contributed by atoms with Gasteiger partial charge in [-0.1, -0.05) is 78.5 Å². The first-order chi connectivity index (χ1) is 17.7. The third kappa shape index (κ3) is 5.52. The lowest BCUT2D eigenvalue weighted by atomic mass is 10.0. The van der Waals surface area contributed by atoms with Gasteiger partial charge in [-0.05, 0) is 35.4 Å². The van der Waals surface area contributed by atoms with Gasteiger partial charge in [0.2, 0.25) is 5.91 Å². The molecule has 1 aromatic heterocycles. The van der Waals surface area contributed by atoms with Gasteiger partial charge in [-0.25, -0.2) is 0 Å². The van der Waals surface area contributed by atoms with Gasteiger partial charge >= 0.3 is 0 Å². The van der Waals surface area contributed by atoms with Crippen molar-refractivity contribution in [2.45, 2.75) is 5.03 Å². The number of amides is 1. The molecule has 1 saturated heterocycles. The molecule has 0 aliphatic carbocycles. The second-order valence-corrected chi connectivity index (χ2v) is 9.52. The Hall–Kier alpha value is -3.84. The predicted molar refractivity (Wildman–Crippen MR) is 145 cm³/mol. The van der Waals surface area contributed by atoms with Crippen molar-refractivity contribution in [1.82, 2.24) is 15.1 Å². The van der Waals surface area contributed by atoms with E-state index in [0.29, 0.717) is 18.8 Å². The number of carbonyl (C=O) groups excluding carboxylic acids is 1. The van der Waals surface area contributed by atoms with Gasteiger partial charge < -0.3 is 14.5 Å². The Balaban J connectivity index is 1.13. The van der Waals surface area contributed by atoms with Crippen molar-refractivity contribution < 1.29 is 9.53 Å². The van der Waals surface area contributed by atoms with E-state index in [1.54, 1.807) is 7.11 Å². The van der Waals surface area contributed by atoms with Gasteiger partial charge in [-0.2, -0.15) is 0 Å². The van der Waals surface area contributed by atoms with Gasteiger partial charge in [0.05, 0.1) is 24.2 Å². The second-order valence-electron chi connectivity index (χ2n) is 8.53. The maximum atomic E-state index is 12.8. The summed E-state index contributed by atoms with van der Waals surface area (Å²) >= 11 is 1.43. The number of hydrogen-bond donors (Lipinski definition) is 0. The van der Waals surface area contributed by atoms with E-state index in [4.69, 9.17) is 4.74 Å². The summed E-state index contributed by atoms with van der Waals surface area (Å²) in [6.45, 7) is 2.96. The zero-order valence-corrected chi connectivity index (χ0v) is 21.0. The Morgan fingerprint density at radius 1 is 0.778 bits per heavy atom. The number of benzene rings is 3. The van der Waals surface area contributed by atoms with E-state index < -0.39 is 0 Å². The summed E-state index contributed by atoms with van der Waals surface area (Å²) < 4.78 is 5.48. The molecule has 7 heteroatoms. The third-order valence-electron chi connectivity index (χ3n) is 6.33. The molecule has 182 valence electrons. The largest absolute Gasteiger partial charge is 0.495 e. The molecule has 36 heavy (non-hydrogen) atoms. The minimum Gasteiger partial charge on any atom is -0.495 e. The van der Waals surface area contributed by atoms with Gasteiger partial charge in [0.15, 0.2) is 0 Å². The number of rotatable bonds is 7. The minimum atomic E-state index is 0.127. The normalized spacial score (nSPS) is 13.5. The fraction of sp³-hybridized carbons (Fsp3) is 0.207. The number of ether oxygens (including phenoxy) is 1. The minimum absolute atomic E-state index is 0.127. The Morgan fingerprint density at radius 2 is 1.44 bits per heavy atom. The first-order valence-electron chi connectivity index (χ1n) is 12.0. The molecular weight excluding hydrogens is 468 g/mol. The van der Waals surface area contributed by atoms with Crippen molar-refractivity contribution in [2.75, 3.05) is 43.9 Å². The number of piperazine rings is 1. The van der Waals surface area contributed by atoms with Crippen LogP contribution < -0.4 is 9.64 Å². The van der Waals surface area contributed by atoms with E-state index in [0.717, 1.165) is 40.8 Å². The predicted octanol–water partition coefficient (Wildman–Crippen LogP) is 5.26. The molecule has 6 nitrogen and oxygen atoms in total. The number of anilines is 1. The first-order valence-corrected chi connectivity index (χ1v) is 13.0. The Morgan fingerprint density at radius 3 is 2.14 bits per heavy atom. The van der Waals surface area contributed by atoms with E-state index in [1.165, 1.54) is 22.9 Å². The van der Waals surface area contributed by atoms with Crippen LogP contribution in [0.1, 0.15) is 0 Å². The van der Waals surface area contributed by atoms with E-state index in [2.05, 4.69) is 57.6 Å². The highest BCUT2D eigenvalue weighted by molar-refractivity contribution is 7.99. The van der Waals surface area contributed by atoms with Crippen LogP contribution in [0.15, 0.2) is 96.0 Å². The molecule has 0 unspecified atom stereocenters. The maximum absolute atomic E-state index is 12.8. The second kappa shape index (κ2) is 11.3. The summed E-state index contributed by atoms with van der Waals surface area (Å²) in [5, 5.41) is 9.48. The number of nitrogens with zero attached hydrogens (tertiary/aromatic N) is 4. The van der Waals surface area contributed by atoms with Crippen molar-refractivity contribution in [3.8, 4) is 28.1 Å². The van der Waals surface area contributed by atoms with Crippen molar-refractivity contribution >= 4 is 23.4 Å². The number of thioether (sulfide) groups is 1. The van der Waals surface area contributed by atoms with Crippen LogP contribution >= 0.6 is 11.8 Å². The van der Waals surface area contributed by atoms with Gasteiger partial charge in [-0.15, -0.1) is 10.2 Å². The lowest BCUT2D eigenvalue weighted by Gasteiger charge is -2.36. The third-order valence-corrected chi connectivity index (χ3v) is 7.23. The molecule has 0 saturated carbocycles. The lowest BCUT2D eigenvalue weighted by molar-refractivity contribution is -0.128. The fourth-order valence-corrected chi connectivity index (χ4v) is 5.05. The molecule has 0 spiro atoms. The summed E-state index contributed by atoms with van der Waals surface area (Å²) in [5.41, 5.74) is 5.27. The quantitative estimate of drug-likeness (QED) is 0.325. The number of para-hydroxylation sites is 2. The molecule has 5 rings (SSSR count). The van der Waals surface area contributed by atoms with E-state index in [9.17, 15) is 4.79 Å². The van der Waals surface area contributed by atoms with Crippen LogP contribution in [-0.4, -0.2) is 60.0 Å². The maximum Gasteiger partial charge on any atom is 0.233 e. The highest BCUT2D eigenvalue weighted by atomic mass is 32.2. The van der Waals surface area contributed by atoms with Gasteiger partial charge in [0.25, 0.3) is 0 Å². The summed E-state index contributed by atoms with van der Waals surface area (Å²) in [5.74, 6) is 1.35. The topological polar surface area (TPSA) is 58.6 Å². The summed E-state index contributed by atoms with van der Waals surface area (Å²) in [6.07, 6.45) is 0. The Bertz CT molecular complexity index is 1290. The monoisotopic (exact) mass is 496 g/mol. The highest BCUT2D eigenvalue weighted by Crippen LogP contribution is 2.29. The summed E-state index contributed by atoms with van der Waals surface area (Å²) in [4.78, 5) is 17.0. The number of hydrogen-bond acceptors (Lipinski definition) is 6. The summed E-state index contributed by atoms with van der Waals surface area (Å²) in [6, 6.07) is 30.5. The molecule has 0 bridgehead atoms. The van der Waals surface area contributed by atoms with Crippen LogP contribution in [0.3, 0.4) is 0 Å². The van der Waals surface area contributed by atoms with E-state index in [-0.39, 0.29) is 5.91 Å². The zero-order valence-electron chi connectivity index (χ0n) is 20.2. The van der Waals surface area contributed by atoms with Crippen LogP contribution in [0.25, 0.3) is 22.4 Å². The van der Waals surface area contributed by atoms with Gasteiger partial charge in [0.1, 0.15) is 10.8 Å². The van der Waals surface area contributed by atoms with Gasteiger partial charge in [-0.3, -0.25) is 4.79 Å². The number of carbonyl (C=O) groups is 1. The molecule has 2 heterocycles. The Kier molecular flexibility index (Phi) is 7.47. The van der Waals surface area contributed by atoms with Gasteiger partial charge in [0, 0.05) is 31.7 Å². The van der Waals surface area contributed by atoms with Crippen LogP contribution in [-0.2, 0) is 4.79 Å². The Labute approximate surface area is 215 Å². The summed E-state index contributed by atoms with van der Waals surface area (Å²) in [7, 11) is 1.69. The molecule has 1 fully saturated rings. The SMILES string of the molecule is COc1ccccc1N1CCN(C(=O)CSc2ccc(-c3ccc(-c4ccccc4)cc3)nn2)CC1. The lowest BCUT2D eigenvalue weighted by Crippen LogP contribution is -2.49. The van der Waals surface area contributed by atoms with E-state index in [1.807, 2.05) is 53.4 Å². The zero-order chi connectivity index (χ0) is 24.7. The number of methoxy groups -OCH3 is 1. The average Bonchev–Trinajstić information content (AvgIpc) is 2.97. The van der Waals surface area contributed by atoms with Crippen LogP contribution in [0.2, 0.25) is 0 Å². The van der Waals surface area contributed by atoms with Crippen LogP contribution in [0, 0.1) is 0 Å². The van der Waals surface area contributed by atoms with Crippen LogP contribution in [0.5, 0.6) is 5.75 Å². The van der Waals surface area contributed by atoms with Crippen molar-refractivity contribution in [3.63, 3.8) is 0 Å². The highest BCUT2D eigenvalue weighted by Gasteiger charge is 2.23. The molecule has 1 aliphatic heterocycles. The molecular formula is C29H28N4O2S. The fourth-order valence-electron chi connectivity index (χ4n) is 4.33. The molecule has 0 N–H and O–H groups in total. The molecule has 0 radical (unpaired) electrons. The van der Waals surface area contributed by atoms with Crippen molar-refractivity contribution in [3.05, 3.63) is 91.0 Å².